The summed E-state index contributed by atoms with van der Waals surface area (Å²) in [6, 6.07) is 3.96. The lowest BCUT2D eigenvalue weighted by Gasteiger charge is -2.36. The Hall–Kier alpha value is -3.06. The first-order valence-corrected chi connectivity index (χ1v) is 15.2. The Kier molecular flexibility index (Phi) is 17.5. The molecule has 2 aliphatic rings. The number of amidine groups is 1. The number of rotatable bonds is 12. The van der Waals surface area contributed by atoms with Gasteiger partial charge in [0.1, 0.15) is 18.3 Å². The normalized spacial score (nSPS) is 17.2. The Bertz CT molecular complexity index is 1070. The van der Waals surface area contributed by atoms with Crippen molar-refractivity contribution in [3.05, 3.63) is 41.2 Å². The number of amides is 1. The van der Waals surface area contributed by atoms with E-state index >= 15 is 0 Å². The molecule has 2 heterocycles. The van der Waals surface area contributed by atoms with E-state index in [1.165, 1.54) is 6.92 Å². The van der Waals surface area contributed by atoms with Crippen LogP contribution in [0.4, 0.5) is 11.5 Å². The second kappa shape index (κ2) is 19.9. The number of nitrogens with one attached hydrogen (secondary N) is 1. The van der Waals surface area contributed by atoms with Gasteiger partial charge in [-0.05, 0) is 70.1 Å². The van der Waals surface area contributed by atoms with Gasteiger partial charge >= 0.3 is 0 Å². The molecule has 0 unspecified atom stereocenters. The lowest BCUT2D eigenvalue weighted by molar-refractivity contribution is -0.363. The van der Waals surface area contributed by atoms with Gasteiger partial charge in [-0.25, -0.2) is 9.98 Å². The van der Waals surface area contributed by atoms with Crippen molar-refractivity contribution >= 4 is 47.8 Å². The van der Waals surface area contributed by atoms with Crippen LogP contribution in [0.3, 0.4) is 0 Å². The van der Waals surface area contributed by atoms with Crippen LogP contribution in [0.15, 0.2) is 51.2 Å². The minimum atomic E-state index is -0.274. The number of carbonyl (C=O) groups is 2. The highest BCUT2D eigenvalue weighted by atomic mass is 32.2. The number of hydrogen-bond donors (Lipinski definition) is 4. The monoisotopic (exact) mass is 590 g/mol. The molecule has 1 aliphatic carbocycles. The molecule has 1 aliphatic heterocycles. The second-order valence-corrected chi connectivity index (χ2v) is 9.77. The molecule has 11 nitrogen and oxygen atoms in total. The number of ketones is 1. The van der Waals surface area contributed by atoms with Crippen molar-refractivity contribution in [2.75, 3.05) is 48.9 Å². The predicted molar refractivity (Wildman–Crippen MR) is 169 cm³/mol. The molecule has 0 aromatic carbocycles. The summed E-state index contributed by atoms with van der Waals surface area (Å²) in [5, 5.41) is 11.1. The molecule has 1 aromatic rings. The molecule has 6 N–H and O–H groups in total. The van der Waals surface area contributed by atoms with Crippen molar-refractivity contribution in [2.45, 2.75) is 66.3 Å². The Morgan fingerprint density at radius 3 is 2.49 bits per heavy atom. The maximum absolute atomic E-state index is 13.4. The minimum Gasteiger partial charge on any atom is -0.395 e. The summed E-state index contributed by atoms with van der Waals surface area (Å²) in [4.78, 5) is 42.8. The van der Waals surface area contributed by atoms with E-state index in [0.717, 1.165) is 51.0 Å². The topological polar surface area (TPSA) is 158 Å². The number of carbonyl (C=O) groups excluding carboxylic acids is 2. The van der Waals surface area contributed by atoms with Crippen LogP contribution in [0.1, 0.15) is 60.3 Å². The number of aliphatic imine (C=N–C) groups is 2. The predicted octanol–water partition coefficient (Wildman–Crippen LogP) is 3.40. The van der Waals surface area contributed by atoms with Crippen LogP contribution in [0.25, 0.3) is 0 Å². The van der Waals surface area contributed by atoms with Crippen LogP contribution in [0, 0.1) is 0 Å². The van der Waals surface area contributed by atoms with Gasteiger partial charge in [0.15, 0.2) is 5.78 Å². The number of anilines is 2. The Labute approximate surface area is 248 Å². The van der Waals surface area contributed by atoms with Crippen LogP contribution in [0.5, 0.6) is 0 Å². The highest BCUT2D eigenvalue weighted by molar-refractivity contribution is 7.93. The average Bonchev–Trinajstić information content (AvgIpc) is 3.50. The fourth-order valence-electron chi connectivity index (χ4n) is 4.71. The molecule has 12 heteroatoms. The number of aliphatic hydroxyl groups is 1. The van der Waals surface area contributed by atoms with Crippen molar-refractivity contribution in [3.8, 4) is 0 Å². The van der Waals surface area contributed by atoms with Gasteiger partial charge in [0.25, 0.3) is 5.91 Å². The molecule has 0 saturated heterocycles. The van der Waals surface area contributed by atoms with Gasteiger partial charge in [0, 0.05) is 30.1 Å². The number of hydrogen-bond acceptors (Lipinski definition) is 10. The van der Waals surface area contributed by atoms with Crippen molar-refractivity contribution < 1.29 is 25.0 Å². The Morgan fingerprint density at radius 2 is 2.02 bits per heavy atom. The van der Waals surface area contributed by atoms with Gasteiger partial charge in [-0.2, -0.15) is 0 Å². The van der Waals surface area contributed by atoms with Crippen molar-refractivity contribution in [2.24, 2.45) is 9.98 Å². The summed E-state index contributed by atoms with van der Waals surface area (Å²) in [7, 11) is 0. The summed E-state index contributed by atoms with van der Waals surface area (Å²) < 4.78 is 7.82. The third-order valence-electron chi connectivity index (χ3n) is 6.54. The maximum atomic E-state index is 13.4. The molecule has 0 spiro atoms. The number of quaternary nitrogens is 1. The van der Waals surface area contributed by atoms with Crippen LogP contribution < -0.4 is 16.0 Å². The van der Waals surface area contributed by atoms with E-state index in [2.05, 4.69) is 39.6 Å². The summed E-state index contributed by atoms with van der Waals surface area (Å²) in [5.74, 6) is 1.12. The van der Waals surface area contributed by atoms with Crippen molar-refractivity contribution in [3.63, 3.8) is 0 Å². The fraction of sp³-hybridized carbons (Fsp3) is 0.552. The molecule has 1 amide bonds. The SMILES string of the molecule is C=N/C=C1/C(C)=C(C(C)=O)C(=O)N(C2CCCC2)/C1=N/CNc1ccc(N(CC)CC[NH3+])cn1.CC.OCCSO. The highest BCUT2D eigenvalue weighted by Crippen LogP contribution is 2.33. The number of Topliss-reactive ketones (excluding diaryl/α,β-unsaturated/α-hetero) is 1. The Balaban J connectivity index is 0.00000108. The maximum Gasteiger partial charge on any atom is 0.263 e. The summed E-state index contributed by atoms with van der Waals surface area (Å²) in [5.41, 5.74) is 6.42. The number of nitrogens with zero attached hydrogens (tertiary/aromatic N) is 5. The van der Waals surface area contributed by atoms with Crippen molar-refractivity contribution in [1.82, 2.24) is 9.88 Å². The van der Waals surface area contributed by atoms with Gasteiger partial charge in [-0.3, -0.25) is 19.5 Å². The van der Waals surface area contributed by atoms with Crippen LogP contribution in [0.2, 0.25) is 0 Å². The average molecular weight is 591 g/mol. The molecular weight excluding hydrogens is 542 g/mol. The molecule has 0 bridgehead atoms. The van der Waals surface area contributed by atoms with E-state index in [1.807, 2.05) is 32.2 Å². The number of aromatic nitrogens is 1. The van der Waals surface area contributed by atoms with Crippen LogP contribution in [-0.2, 0) is 9.59 Å². The van der Waals surface area contributed by atoms with E-state index in [0.29, 0.717) is 40.6 Å². The standard InChI is InChI=1S/C25H35N7O2.C2H6O2S.C2H6/c1-5-31(13-12-26)20-10-11-22(28-14-20)29-16-30-24-21(15-27-4)17(2)23(18(3)33)25(34)32(24)19-8-6-7-9-19;3-1-2-5-4;1-2/h10-11,14-15,19H,4-9,12-13,16,26H2,1-3H3,(H,28,29);3-4H,1-2H2;1-2H3/p+1/b21-15-,30-24+;;. The summed E-state index contributed by atoms with van der Waals surface area (Å²) in [6.45, 7) is 15.8. The largest absolute Gasteiger partial charge is 0.395 e. The van der Waals surface area contributed by atoms with E-state index in [1.54, 1.807) is 18.0 Å². The van der Waals surface area contributed by atoms with Crippen LogP contribution in [-0.4, -0.2) is 88.5 Å². The van der Waals surface area contributed by atoms with Gasteiger partial charge < -0.3 is 25.6 Å². The van der Waals surface area contributed by atoms with Gasteiger partial charge in [-0.15, -0.1) is 0 Å². The second-order valence-electron chi connectivity index (χ2n) is 9.10. The molecule has 1 saturated carbocycles. The minimum absolute atomic E-state index is 0.0207. The van der Waals surface area contributed by atoms with Crippen LogP contribution >= 0.6 is 12.0 Å². The van der Waals surface area contributed by atoms with Crippen molar-refractivity contribution in [1.29, 1.82) is 0 Å². The smallest absolute Gasteiger partial charge is 0.263 e. The molecule has 228 valence electrons. The zero-order chi connectivity index (χ0) is 30.8. The van der Waals surface area contributed by atoms with Gasteiger partial charge in [-0.1, -0.05) is 26.7 Å². The molecule has 3 rings (SSSR count). The fourth-order valence-corrected chi connectivity index (χ4v) is 4.79. The van der Waals surface area contributed by atoms with Gasteiger partial charge in [0.2, 0.25) is 0 Å². The van der Waals surface area contributed by atoms with E-state index in [4.69, 9.17) is 14.7 Å². The third kappa shape index (κ3) is 10.4. The summed E-state index contributed by atoms with van der Waals surface area (Å²) >= 11 is 0.652. The zero-order valence-electron chi connectivity index (χ0n) is 25.2. The zero-order valence-corrected chi connectivity index (χ0v) is 26.0. The molecule has 0 atom stereocenters. The van der Waals surface area contributed by atoms with E-state index in [-0.39, 0.29) is 36.6 Å². The first kappa shape index (κ1) is 36.0. The molecular formula is C29H48N7O4S+. The number of likely N-dealkylation sites (N-methyl/N-ethyl adjacent to an activating group) is 1. The molecule has 1 fully saturated rings. The molecule has 1 aromatic heterocycles. The first-order chi connectivity index (χ1) is 19.8. The Morgan fingerprint density at radius 1 is 1.34 bits per heavy atom. The quantitative estimate of drug-likeness (QED) is 0.164. The first-order valence-electron chi connectivity index (χ1n) is 14.2. The van der Waals surface area contributed by atoms with E-state index in [9.17, 15) is 9.59 Å². The molecule has 41 heavy (non-hydrogen) atoms. The summed E-state index contributed by atoms with van der Waals surface area (Å²) in [6.07, 6.45) is 7.30. The highest BCUT2D eigenvalue weighted by Gasteiger charge is 2.40. The third-order valence-corrected chi connectivity index (χ3v) is 6.90. The number of pyridine rings is 1. The molecule has 0 radical (unpaired) electrons. The number of aliphatic hydroxyl groups excluding tert-OH is 1. The van der Waals surface area contributed by atoms with Gasteiger partial charge in [0.05, 0.1) is 37.2 Å². The van der Waals surface area contributed by atoms with E-state index < -0.39 is 0 Å². The lowest BCUT2D eigenvalue weighted by atomic mass is 9.91. The lowest BCUT2D eigenvalue weighted by Crippen LogP contribution is -2.55.